The molecule has 0 spiro atoms. The molecule has 1 aliphatic carbocycles. The van der Waals surface area contributed by atoms with Gasteiger partial charge in [0.05, 0.1) is 17.6 Å². The lowest BCUT2D eigenvalue weighted by Gasteiger charge is -2.30. The molecule has 0 bridgehead atoms. The maximum atomic E-state index is 13.4. The van der Waals surface area contributed by atoms with Crippen LogP contribution in [0.5, 0.6) is 0 Å². The molecule has 2 fully saturated rings. The van der Waals surface area contributed by atoms with Crippen molar-refractivity contribution in [1.29, 1.82) is 0 Å². The zero-order valence-corrected chi connectivity index (χ0v) is 19.6. The highest BCUT2D eigenvalue weighted by atomic mass is 16.2. The van der Waals surface area contributed by atoms with E-state index in [4.69, 9.17) is 4.98 Å². The number of H-pyrrole nitrogens is 1. The van der Waals surface area contributed by atoms with Gasteiger partial charge in [0.15, 0.2) is 0 Å². The number of nitrogens with one attached hydrogen (secondary N) is 2. The summed E-state index contributed by atoms with van der Waals surface area (Å²) in [5, 5.41) is 5.22. The van der Waals surface area contributed by atoms with E-state index in [0.717, 1.165) is 40.3 Å². The summed E-state index contributed by atoms with van der Waals surface area (Å²) < 4.78 is 0. The summed E-state index contributed by atoms with van der Waals surface area (Å²) in [6.45, 7) is 4.00. The lowest BCUT2D eigenvalue weighted by molar-refractivity contribution is -0.134. The summed E-state index contributed by atoms with van der Waals surface area (Å²) in [5.41, 5.74) is 3.95. The fourth-order valence-corrected chi connectivity index (χ4v) is 5.62. The minimum absolute atomic E-state index is 0.211. The molecule has 2 N–H and O–H groups in total. The number of carbonyl (C=O) groups is 3. The molecule has 0 radical (unpaired) electrons. The third kappa shape index (κ3) is 2.95. The zero-order valence-electron chi connectivity index (χ0n) is 19.6. The Morgan fingerprint density at radius 3 is 2.60 bits per heavy atom. The third-order valence-corrected chi connectivity index (χ3v) is 7.29. The average Bonchev–Trinajstić information content (AvgIpc) is 3.48. The highest BCUT2D eigenvalue weighted by molar-refractivity contribution is 6.27. The van der Waals surface area contributed by atoms with Crippen molar-refractivity contribution >= 4 is 45.2 Å². The maximum absolute atomic E-state index is 13.4. The van der Waals surface area contributed by atoms with Crippen LogP contribution in [0.3, 0.4) is 0 Å². The largest absolute Gasteiger partial charge is 0.346 e. The second kappa shape index (κ2) is 7.73. The Morgan fingerprint density at radius 2 is 1.83 bits per heavy atom. The smallest absolute Gasteiger partial charge is 0.259 e. The molecule has 2 aliphatic heterocycles. The van der Waals surface area contributed by atoms with Crippen molar-refractivity contribution in [3.63, 3.8) is 0 Å². The third-order valence-electron chi connectivity index (χ3n) is 7.29. The van der Waals surface area contributed by atoms with Crippen LogP contribution in [0.1, 0.15) is 61.1 Å². The number of piperidine rings is 1. The Morgan fingerprint density at radius 1 is 1.03 bits per heavy atom. The first-order valence-corrected chi connectivity index (χ1v) is 12.1. The number of aromatic nitrogens is 3. The molecular formula is C27H25N5O3. The molecule has 7 rings (SSSR count). The Kier molecular flexibility index (Phi) is 4.74. The van der Waals surface area contributed by atoms with E-state index in [1.165, 1.54) is 10.5 Å². The number of carbonyl (C=O) groups excluding carboxylic acids is 3. The van der Waals surface area contributed by atoms with Gasteiger partial charge in [0, 0.05) is 46.0 Å². The number of hydrogen-bond donors (Lipinski definition) is 2. The van der Waals surface area contributed by atoms with E-state index >= 15 is 0 Å². The fraction of sp³-hybridized carbons (Fsp3) is 0.296. The van der Waals surface area contributed by atoms with Gasteiger partial charge >= 0.3 is 0 Å². The van der Waals surface area contributed by atoms with Crippen molar-refractivity contribution in [3.8, 4) is 0 Å². The van der Waals surface area contributed by atoms with Gasteiger partial charge in [0.25, 0.3) is 5.91 Å². The summed E-state index contributed by atoms with van der Waals surface area (Å²) in [5.74, 6) is -0.956. The Bertz CT molecular complexity index is 1530. The molecule has 176 valence electrons. The van der Waals surface area contributed by atoms with Crippen molar-refractivity contribution < 1.29 is 14.4 Å². The SMILES string of the molecule is CC.O=C1CCC(N2C(=O)c3cccc4c(C5(c6c[nH]c7ncccc67)CC5)ncc2c34)C(=O)N1. The van der Waals surface area contributed by atoms with Gasteiger partial charge in [0.1, 0.15) is 11.7 Å². The summed E-state index contributed by atoms with van der Waals surface area (Å²) in [6.07, 6.45) is 7.97. The van der Waals surface area contributed by atoms with Crippen LogP contribution in [0.2, 0.25) is 0 Å². The highest BCUT2D eigenvalue weighted by Crippen LogP contribution is 2.57. The Labute approximate surface area is 201 Å². The number of hydrogen-bond acceptors (Lipinski definition) is 5. The lowest BCUT2D eigenvalue weighted by atomic mass is 9.88. The molecule has 8 heteroatoms. The number of aromatic amines is 1. The van der Waals surface area contributed by atoms with Crippen LogP contribution in [-0.4, -0.2) is 38.7 Å². The fourth-order valence-electron chi connectivity index (χ4n) is 5.62. The lowest BCUT2D eigenvalue weighted by Crippen LogP contribution is -2.53. The molecule has 8 nitrogen and oxygen atoms in total. The second-order valence-corrected chi connectivity index (χ2v) is 9.05. The molecule has 3 aromatic heterocycles. The van der Waals surface area contributed by atoms with E-state index in [-0.39, 0.29) is 23.7 Å². The number of benzene rings is 1. The Hall–Kier alpha value is -4.07. The number of imide groups is 1. The molecule has 3 aliphatic rings. The van der Waals surface area contributed by atoms with E-state index in [9.17, 15) is 14.4 Å². The van der Waals surface area contributed by atoms with E-state index in [2.05, 4.69) is 21.4 Å². The molecule has 1 unspecified atom stereocenters. The van der Waals surface area contributed by atoms with Crippen LogP contribution in [0.15, 0.2) is 48.9 Å². The Balaban J connectivity index is 0.00000112. The normalized spacial score (nSPS) is 20.1. The maximum Gasteiger partial charge on any atom is 0.259 e. The number of nitrogens with zero attached hydrogens (tertiary/aromatic N) is 3. The number of pyridine rings is 2. The van der Waals surface area contributed by atoms with Crippen LogP contribution in [0, 0.1) is 0 Å². The highest BCUT2D eigenvalue weighted by Gasteiger charge is 2.51. The van der Waals surface area contributed by atoms with E-state index < -0.39 is 11.9 Å². The molecule has 3 amide bonds. The molecule has 35 heavy (non-hydrogen) atoms. The van der Waals surface area contributed by atoms with Crippen molar-refractivity contribution in [2.24, 2.45) is 0 Å². The molecule has 1 atom stereocenters. The van der Waals surface area contributed by atoms with Gasteiger partial charge in [-0.15, -0.1) is 0 Å². The van der Waals surface area contributed by atoms with E-state index in [0.29, 0.717) is 17.7 Å². The van der Waals surface area contributed by atoms with Crippen LogP contribution < -0.4 is 10.2 Å². The summed E-state index contributed by atoms with van der Waals surface area (Å²) in [7, 11) is 0. The first kappa shape index (κ1) is 21.5. The molecule has 1 saturated heterocycles. The zero-order chi connectivity index (χ0) is 24.3. The second-order valence-electron chi connectivity index (χ2n) is 9.05. The van der Waals surface area contributed by atoms with E-state index in [1.807, 2.05) is 38.2 Å². The minimum Gasteiger partial charge on any atom is -0.346 e. The number of fused-ring (bicyclic) bond motifs is 1. The number of anilines is 1. The van der Waals surface area contributed by atoms with Crippen LogP contribution >= 0.6 is 0 Å². The van der Waals surface area contributed by atoms with Crippen LogP contribution in [0.4, 0.5) is 5.69 Å². The first-order chi connectivity index (χ1) is 17.1. The average molecular weight is 468 g/mol. The van der Waals surface area contributed by atoms with Gasteiger partial charge in [-0.25, -0.2) is 4.98 Å². The minimum atomic E-state index is -0.715. The van der Waals surface area contributed by atoms with Crippen molar-refractivity contribution in [2.75, 3.05) is 4.90 Å². The molecular weight excluding hydrogens is 442 g/mol. The van der Waals surface area contributed by atoms with Gasteiger partial charge in [-0.3, -0.25) is 29.6 Å². The summed E-state index contributed by atoms with van der Waals surface area (Å²) in [6, 6.07) is 8.99. The number of amides is 3. The van der Waals surface area contributed by atoms with Crippen molar-refractivity contribution in [3.05, 3.63) is 65.7 Å². The molecule has 5 heterocycles. The van der Waals surface area contributed by atoms with E-state index in [1.54, 1.807) is 18.5 Å². The summed E-state index contributed by atoms with van der Waals surface area (Å²) >= 11 is 0. The van der Waals surface area contributed by atoms with Gasteiger partial charge in [-0.05, 0) is 43.0 Å². The van der Waals surface area contributed by atoms with Gasteiger partial charge in [-0.2, -0.15) is 0 Å². The van der Waals surface area contributed by atoms with Gasteiger partial charge in [0.2, 0.25) is 11.8 Å². The molecule has 1 saturated carbocycles. The monoisotopic (exact) mass is 467 g/mol. The molecule has 4 aromatic rings. The quantitative estimate of drug-likeness (QED) is 0.443. The predicted molar refractivity (Wildman–Crippen MR) is 132 cm³/mol. The topological polar surface area (TPSA) is 108 Å². The van der Waals surface area contributed by atoms with Gasteiger partial charge < -0.3 is 4.98 Å². The van der Waals surface area contributed by atoms with Gasteiger partial charge in [-0.1, -0.05) is 26.0 Å². The first-order valence-electron chi connectivity index (χ1n) is 12.1. The van der Waals surface area contributed by atoms with Crippen molar-refractivity contribution in [2.45, 2.75) is 51.0 Å². The van der Waals surface area contributed by atoms with Crippen LogP contribution in [0.25, 0.3) is 21.8 Å². The van der Waals surface area contributed by atoms with Crippen LogP contribution in [-0.2, 0) is 15.0 Å². The predicted octanol–water partition coefficient (Wildman–Crippen LogP) is 3.98. The van der Waals surface area contributed by atoms with Crippen molar-refractivity contribution in [1.82, 2.24) is 20.3 Å². The summed E-state index contributed by atoms with van der Waals surface area (Å²) in [4.78, 5) is 51.7. The standard InChI is InChI=1S/C25H19N5O3.C2H6/c31-19-7-6-17(23(32)29-19)30-18-12-27-21(14-3-1-4-15(20(14)18)24(30)33)25(8-9-25)16-11-28-22-13(16)5-2-10-26-22;1-2/h1-5,10-12,17H,6-9H2,(H,26,28)(H,29,31,32);1-2H3. The number of rotatable bonds is 3. The molecule has 1 aromatic carbocycles.